The number of carboxylic acid groups (broad SMARTS) is 1. The van der Waals surface area contributed by atoms with Crippen LogP contribution in [0.2, 0.25) is 0 Å². The van der Waals surface area contributed by atoms with E-state index in [1.807, 2.05) is 37.3 Å². The van der Waals surface area contributed by atoms with Gasteiger partial charge in [0.2, 0.25) is 0 Å². The summed E-state index contributed by atoms with van der Waals surface area (Å²) >= 11 is 0. The predicted octanol–water partition coefficient (Wildman–Crippen LogP) is 2.04. The maximum absolute atomic E-state index is 12.8. The minimum atomic E-state index is -1.05. The van der Waals surface area contributed by atoms with Crippen LogP contribution >= 0.6 is 0 Å². The summed E-state index contributed by atoms with van der Waals surface area (Å²) in [5, 5.41) is 14.7. The zero-order valence-corrected chi connectivity index (χ0v) is 14.9. The Morgan fingerprint density at radius 2 is 1.96 bits per heavy atom. The highest BCUT2D eigenvalue weighted by atomic mass is 16.4. The molecule has 0 radical (unpaired) electrons. The van der Waals surface area contributed by atoms with Crippen LogP contribution in [0.15, 0.2) is 42.6 Å². The Labute approximate surface area is 150 Å². The molecule has 26 heavy (non-hydrogen) atoms. The summed E-state index contributed by atoms with van der Waals surface area (Å²) in [5.74, 6) is -1.43. The number of aromatic nitrogens is 3. The quantitative estimate of drug-likeness (QED) is 0.759. The van der Waals surface area contributed by atoms with Crippen LogP contribution in [0.5, 0.6) is 0 Å². The van der Waals surface area contributed by atoms with Crippen LogP contribution in [-0.2, 0) is 18.3 Å². The van der Waals surface area contributed by atoms with Gasteiger partial charge in [0.1, 0.15) is 6.04 Å². The summed E-state index contributed by atoms with van der Waals surface area (Å²) in [7, 11) is 3.29. The molecule has 2 aromatic heterocycles. The molecule has 0 aliphatic rings. The third kappa shape index (κ3) is 3.28. The van der Waals surface area contributed by atoms with E-state index in [9.17, 15) is 14.7 Å². The van der Waals surface area contributed by atoms with Crippen LogP contribution < -0.4 is 0 Å². The summed E-state index contributed by atoms with van der Waals surface area (Å²) in [4.78, 5) is 30.1. The van der Waals surface area contributed by atoms with Gasteiger partial charge in [0.25, 0.3) is 5.91 Å². The van der Waals surface area contributed by atoms with E-state index in [2.05, 4.69) is 10.1 Å². The number of pyridine rings is 1. The highest BCUT2D eigenvalue weighted by Crippen LogP contribution is 2.18. The molecule has 1 N–H and O–H groups in total. The molecular formula is C19H20N4O3. The number of fused-ring (bicyclic) bond motifs is 1. The maximum atomic E-state index is 12.8. The third-order valence-corrected chi connectivity index (χ3v) is 4.45. The molecule has 3 rings (SSSR count). The zero-order chi connectivity index (χ0) is 18.8. The molecule has 1 aromatic carbocycles. The summed E-state index contributed by atoms with van der Waals surface area (Å²) in [5.41, 5.74) is 2.65. The van der Waals surface area contributed by atoms with Gasteiger partial charge in [0, 0.05) is 32.1 Å². The summed E-state index contributed by atoms with van der Waals surface area (Å²) in [6.07, 6.45) is 1.70. The molecule has 134 valence electrons. The van der Waals surface area contributed by atoms with Crippen LogP contribution in [0.25, 0.3) is 11.0 Å². The number of carboxylic acids is 1. The molecule has 7 nitrogen and oxygen atoms in total. The van der Waals surface area contributed by atoms with Gasteiger partial charge in [0.15, 0.2) is 5.65 Å². The number of amides is 1. The SMILES string of the molecule is Cc1nn(C)c2ncc(C(=O)N(C)C(Cc3ccccc3)C(=O)O)cc12. The number of carbonyl (C=O) groups excluding carboxylic acids is 1. The average Bonchev–Trinajstić information content (AvgIpc) is 2.92. The molecule has 1 amide bonds. The van der Waals surface area contributed by atoms with Crippen molar-refractivity contribution < 1.29 is 14.7 Å². The van der Waals surface area contributed by atoms with Crippen molar-refractivity contribution in [3.63, 3.8) is 0 Å². The van der Waals surface area contributed by atoms with E-state index in [-0.39, 0.29) is 12.3 Å². The number of aliphatic carboxylic acids is 1. The van der Waals surface area contributed by atoms with Gasteiger partial charge in [-0.3, -0.25) is 9.48 Å². The largest absolute Gasteiger partial charge is 0.480 e. The summed E-state index contributed by atoms with van der Waals surface area (Å²) < 4.78 is 1.65. The van der Waals surface area contributed by atoms with E-state index in [0.29, 0.717) is 11.2 Å². The van der Waals surface area contributed by atoms with Crippen molar-refractivity contribution in [2.24, 2.45) is 7.05 Å². The van der Waals surface area contributed by atoms with Crippen LogP contribution in [0.1, 0.15) is 21.6 Å². The zero-order valence-electron chi connectivity index (χ0n) is 14.9. The van der Waals surface area contributed by atoms with Crippen molar-refractivity contribution in [3.05, 3.63) is 59.4 Å². The van der Waals surface area contributed by atoms with Gasteiger partial charge in [0.05, 0.1) is 11.3 Å². The van der Waals surface area contributed by atoms with Crippen molar-refractivity contribution in [2.45, 2.75) is 19.4 Å². The van der Waals surface area contributed by atoms with Gasteiger partial charge in [-0.05, 0) is 18.6 Å². The van der Waals surface area contributed by atoms with Crippen LogP contribution in [0, 0.1) is 6.92 Å². The van der Waals surface area contributed by atoms with Crippen molar-refractivity contribution in [1.82, 2.24) is 19.7 Å². The molecule has 2 heterocycles. The molecule has 1 atom stereocenters. The fourth-order valence-corrected chi connectivity index (χ4v) is 3.00. The first-order valence-electron chi connectivity index (χ1n) is 8.21. The minimum Gasteiger partial charge on any atom is -0.480 e. The first-order valence-corrected chi connectivity index (χ1v) is 8.21. The Hall–Kier alpha value is -3.22. The van der Waals surface area contributed by atoms with Gasteiger partial charge >= 0.3 is 5.97 Å². The Morgan fingerprint density at radius 1 is 1.27 bits per heavy atom. The first-order chi connectivity index (χ1) is 12.4. The minimum absolute atomic E-state index is 0.236. The lowest BCUT2D eigenvalue weighted by atomic mass is 10.0. The third-order valence-electron chi connectivity index (χ3n) is 4.45. The molecule has 0 aliphatic heterocycles. The number of carbonyl (C=O) groups is 2. The van der Waals surface area contributed by atoms with Gasteiger partial charge in [-0.15, -0.1) is 0 Å². The molecule has 3 aromatic rings. The fraction of sp³-hybridized carbons (Fsp3) is 0.263. The Kier molecular flexibility index (Phi) is 4.71. The molecule has 0 fully saturated rings. The van der Waals surface area contributed by atoms with Crippen molar-refractivity contribution >= 4 is 22.9 Å². The van der Waals surface area contributed by atoms with Crippen molar-refractivity contribution in [3.8, 4) is 0 Å². The summed E-state index contributed by atoms with van der Waals surface area (Å²) in [6, 6.07) is 10.0. The lowest BCUT2D eigenvalue weighted by molar-refractivity contribution is -0.141. The van der Waals surface area contributed by atoms with Crippen LogP contribution in [-0.4, -0.2) is 49.7 Å². The van der Waals surface area contributed by atoms with E-state index in [1.165, 1.54) is 18.1 Å². The molecule has 0 saturated carbocycles. The molecule has 0 aliphatic carbocycles. The molecule has 0 bridgehead atoms. The first kappa shape index (κ1) is 17.6. The number of rotatable bonds is 5. The second-order valence-corrected chi connectivity index (χ2v) is 6.26. The smallest absolute Gasteiger partial charge is 0.326 e. The number of nitrogens with zero attached hydrogens (tertiary/aromatic N) is 4. The molecule has 0 saturated heterocycles. The number of benzene rings is 1. The normalized spacial score (nSPS) is 12.1. The average molecular weight is 352 g/mol. The second-order valence-electron chi connectivity index (χ2n) is 6.26. The van der Waals surface area contributed by atoms with Crippen LogP contribution in [0.4, 0.5) is 0 Å². The maximum Gasteiger partial charge on any atom is 0.326 e. The van der Waals surface area contributed by atoms with Gasteiger partial charge in [-0.2, -0.15) is 5.10 Å². The Balaban J connectivity index is 1.89. The molecular weight excluding hydrogens is 332 g/mol. The van der Waals surface area contributed by atoms with Gasteiger partial charge in [-0.25, -0.2) is 9.78 Å². The fourth-order valence-electron chi connectivity index (χ4n) is 3.00. The van der Waals surface area contributed by atoms with Crippen LogP contribution in [0.3, 0.4) is 0 Å². The molecule has 7 heteroatoms. The highest BCUT2D eigenvalue weighted by molar-refractivity contribution is 5.99. The molecule has 0 spiro atoms. The lowest BCUT2D eigenvalue weighted by Crippen LogP contribution is -2.43. The van der Waals surface area contributed by atoms with E-state index in [1.54, 1.807) is 17.8 Å². The standard InChI is InChI=1S/C19H20N4O3/c1-12-15-10-14(11-20-17(15)23(3)21-12)18(24)22(2)16(19(25)26)9-13-7-5-4-6-8-13/h4-8,10-11,16H,9H2,1-3H3,(H,25,26). The van der Waals surface area contributed by atoms with E-state index >= 15 is 0 Å². The van der Waals surface area contributed by atoms with Crippen molar-refractivity contribution in [1.29, 1.82) is 0 Å². The van der Waals surface area contributed by atoms with E-state index in [4.69, 9.17) is 0 Å². The number of likely N-dealkylation sites (N-methyl/N-ethyl adjacent to an activating group) is 1. The summed E-state index contributed by atoms with van der Waals surface area (Å²) in [6.45, 7) is 1.84. The Morgan fingerprint density at radius 3 is 2.62 bits per heavy atom. The number of hydrogen-bond acceptors (Lipinski definition) is 4. The highest BCUT2D eigenvalue weighted by Gasteiger charge is 2.28. The number of hydrogen-bond donors (Lipinski definition) is 1. The van der Waals surface area contributed by atoms with Crippen molar-refractivity contribution in [2.75, 3.05) is 7.05 Å². The second kappa shape index (κ2) is 6.95. The monoisotopic (exact) mass is 352 g/mol. The van der Waals surface area contributed by atoms with Gasteiger partial charge in [-0.1, -0.05) is 30.3 Å². The Bertz CT molecular complexity index is 966. The van der Waals surface area contributed by atoms with E-state index in [0.717, 1.165) is 16.6 Å². The lowest BCUT2D eigenvalue weighted by Gasteiger charge is -2.25. The predicted molar refractivity (Wildman–Crippen MR) is 96.9 cm³/mol. The van der Waals surface area contributed by atoms with E-state index < -0.39 is 12.0 Å². The van der Waals surface area contributed by atoms with Gasteiger partial charge < -0.3 is 10.0 Å². The molecule has 1 unspecified atom stereocenters. The topological polar surface area (TPSA) is 88.3 Å². The number of aryl methyl sites for hydroxylation is 2.